The summed E-state index contributed by atoms with van der Waals surface area (Å²) in [5.74, 6) is -0.169. The number of amides is 1. The lowest BCUT2D eigenvalue weighted by molar-refractivity contribution is 0.0951. The molecular formula is C16H21N5O. The van der Waals surface area contributed by atoms with Gasteiger partial charge in [-0.15, -0.1) is 0 Å². The minimum atomic E-state index is -0.307. The van der Waals surface area contributed by atoms with E-state index in [1.807, 2.05) is 45.3 Å². The largest absolute Gasteiger partial charge is 0.382 e. The molecule has 2 rings (SSSR count). The molecule has 0 saturated carbocycles. The SMILES string of the molecule is CCNC(=O)c1nc(-c2ccc(CN(C)C)cc2)cnc1N. The van der Waals surface area contributed by atoms with Crippen molar-refractivity contribution in [3.8, 4) is 11.3 Å². The maximum Gasteiger partial charge on any atom is 0.273 e. The summed E-state index contributed by atoms with van der Waals surface area (Å²) < 4.78 is 0. The van der Waals surface area contributed by atoms with Crippen molar-refractivity contribution in [1.82, 2.24) is 20.2 Å². The van der Waals surface area contributed by atoms with E-state index in [0.29, 0.717) is 12.2 Å². The molecule has 0 aliphatic rings. The van der Waals surface area contributed by atoms with Crippen LogP contribution < -0.4 is 11.1 Å². The molecule has 0 saturated heterocycles. The summed E-state index contributed by atoms with van der Waals surface area (Å²) in [6.45, 7) is 3.23. The van der Waals surface area contributed by atoms with Gasteiger partial charge in [0.05, 0.1) is 11.9 Å². The van der Waals surface area contributed by atoms with Gasteiger partial charge in [0.25, 0.3) is 5.91 Å². The van der Waals surface area contributed by atoms with Crippen molar-refractivity contribution in [2.45, 2.75) is 13.5 Å². The molecule has 116 valence electrons. The van der Waals surface area contributed by atoms with Gasteiger partial charge in [-0.2, -0.15) is 0 Å². The number of carbonyl (C=O) groups is 1. The predicted octanol–water partition coefficient (Wildman–Crippen LogP) is 1.54. The molecule has 0 spiro atoms. The fourth-order valence-electron chi connectivity index (χ4n) is 2.09. The van der Waals surface area contributed by atoms with E-state index in [4.69, 9.17) is 5.73 Å². The lowest BCUT2D eigenvalue weighted by Gasteiger charge is -2.10. The highest BCUT2D eigenvalue weighted by Gasteiger charge is 2.13. The number of anilines is 1. The van der Waals surface area contributed by atoms with E-state index < -0.39 is 0 Å². The lowest BCUT2D eigenvalue weighted by atomic mass is 10.1. The predicted molar refractivity (Wildman–Crippen MR) is 87.3 cm³/mol. The number of nitrogens with zero attached hydrogens (tertiary/aromatic N) is 3. The third-order valence-corrected chi connectivity index (χ3v) is 3.10. The number of benzene rings is 1. The first-order valence-electron chi connectivity index (χ1n) is 7.16. The number of nitrogens with one attached hydrogen (secondary N) is 1. The van der Waals surface area contributed by atoms with E-state index >= 15 is 0 Å². The second-order valence-corrected chi connectivity index (χ2v) is 5.28. The summed E-state index contributed by atoms with van der Waals surface area (Å²) in [5, 5.41) is 2.69. The van der Waals surface area contributed by atoms with Crippen LogP contribution in [-0.2, 0) is 6.54 Å². The van der Waals surface area contributed by atoms with Gasteiger partial charge in [-0.25, -0.2) is 9.97 Å². The monoisotopic (exact) mass is 299 g/mol. The van der Waals surface area contributed by atoms with Crippen molar-refractivity contribution >= 4 is 11.7 Å². The van der Waals surface area contributed by atoms with Crippen molar-refractivity contribution in [1.29, 1.82) is 0 Å². The van der Waals surface area contributed by atoms with Crippen LogP contribution in [0.25, 0.3) is 11.3 Å². The van der Waals surface area contributed by atoms with Crippen LogP contribution in [-0.4, -0.2) is 41.4 Å². The first-order chi connectivity index (χ1) is 10.5. The van der Waals surface area contributed by atoms with Gasteiger partial charge in [-0.05, 0) is 26.6 Å². The van der Waals surface area contributed by atoms with Gasteiger partial charge in [0.15, 0.2) is 11.5 Å². The molecule has 1 heterocycles. The van der Waals surface area contributed by atoms with Gasteiger partial charge in [-0.3, -0.25) is 4.79 Å². The quantitative estimate of drug-likeness (QED) is 0.875. The van der Waals surface area contributed by atoms with Gasteiger partial charge in [0, 0.05) is 18.7 Å². The van der Waals surface area contributed by atoms with E-state index in [-0.39, 0.29) is 17.4 Å². The first kappa shape index (κ1) is 15.9. The topological polar surface area (TPSA) is 84.1 Å². The van der Waals surface area contributed by atoms with Crippen molar-refractivity contribution in [3.63, 3.8) is 0 Å². The smallest absolute Gasteiger partial charge is 0.273 e. The lowest BCUT2D eigenvalue weighted by Crippen LogP contribution is -2.25. The number of rotatable bonds is 5. The average molecular weight is 299 g/mol. The fraction of sp³-hybridized carbons (Fsp3) is 0.312. The molecule has 0 unspecified atom stereocenters. The maximum absolute atomic E-state index is 11.9. The molecule has 2 aromatic rings. The Morgan fingerprint density at radius 3 is 2.55 bits per heavy atom. The van der Waals surface area contributed by atoms with Gasteiger partial charge < -0.3 is 16.0 Å². The second kappa shape index (κ2) is 7.00. The van der Waals surface area contributed by atoms with Crippen LogP contribution in [0.15, 0.2) is 30.5 Å². The summed E-state index contributed by atoms with van der Waals surface area (Å²) in [6, 6.07) is 8.03. The number of hydrogen-bond acceptors (Lipinski definition) is 5. The van der Waals surface area contributed by atoms with Crippen LogP contribution in [0, 0.1) is 0 Å². The highest BCUT2D eigenvalue weighted by Crippen LogP contribution is 2.19. The molecule has 0 fully saturated rings. The Morgan fingerprint density at radius 1 is 1.27 bits per heavy atom. The summed E-state index contributed by atoms with van der Waals surface area (Å²) in [6.07, 6.45) is 1.58. The number of carbonyl (C=O) groups excluding carboxylic acids is 1. The third-order valence-electron chi connectivity index (χ3n) is 3.10. The van der Waals surface area contributed by atoms with Crippen LogP contribution in [0.1, 0.15) is 23.0 Å². The minimum Gasteiger partial charge on any atom is -0.382 e. The maximum atomic E-state index is 11.9. The van der Waals surface area contributed by atoms with Gasteiger partial charge >= 0.3 is 0 Å². The molecule has 1 aromatic carbocycles. The van der Waals surface area contributed by atoms with Crippen molar-refractivity contribution in [2.24, 2.45) is 0 Å². The van der Waals surface area contributed by atoms with E-state index in [9.17, 15) is 4.79 Å². The molecule has 0 aliphatic carbocycles. The number of nitrogens with two attached hydrogens (primary N) is 1. The Labute approximate surface area is 130 Å². The summed E-state index contributed by atoms with van der Waals surface area (Å²) in [4.78, 5) is 22.4. The summed E-state index contributed by atoms with van der Waals surface area (Å²) in [7, 11) is 4.05. The Hall–Kier alpha value is -2.47. The Morgan fingerprint density at radius 2 is 1.95 bits per heavy atom. The normalized spacial score (nSPS) is 10.7. The number of aromatic nitrogens is 2. The van der Waals surface area contributed by atoms with Crippen molar-refractivity contribution in [2.75, 3.05) is 26.4 Å². The second-order valence-electron chi connectivity index (χ2n) is 5.28. The highest BCUT2D eigenvalue weighted by atomic mass is 16.1. The van der Waals surface area contributed by atoms with Gasteiger partial charge in [-0.1, -0.05) is 24.3 Å². The van der Waals surface area contributed by atoms with Crippen LogP contribution in [0.5, 0.6) is 0 Å². The van der Waals surface area contributed by atoms with E-state index in [0.717, 1.165) is 12.1 Å². The Bertz CT molecular complexity index is 652. The number of hydrogen-bond donors (Lipinski definition) is 2. The Balaban J connectivity index is 2.29. The van der Waals surface area contributed by atoms with Crippen LogP contribution in [0.3, 0.4) is 0 Å². The number of nitrogen functional groups attached to an aromatic ring is 1. The fourth-order valence-corrected chi connectivity index (χ4v) is 2.09. The van der Waals surface area contributed by atoms with Crippen LogP contribution in [0.4, 0.5) is 5.82 Å². The van der Waals surface area contributed by atoms with E-state index in [2.05, 4.69) is 20.2 Å². The van der Waals surface area contributed by atoms with E-state index in [1.165, 1.54) is 5.56 Å². The average Bonchev–Trinajstić information content (AvgIpc) is 2.48. The first-order valence-corrected chi connectivity index (χ1v) is 7.16. The zero-order valence-corrected chi connectivity index (χ0v) is 13.1. The minimum absolute atomic E-state index is 0.138. The molecule has 6 nitrogen and oxygen atoms in total. The molecule has 1 aromatic heterocycles. The molecule has 0 aliphatic heterocycles. The summed E-state index contributed by atoms with van der Waals surface area (Å²) in [5.41, 5.74) is 8.65. The molecule has 1 amide bonds. The Kier molecular flexibility index (Phi) is 5.06. The van der Waals surface area contributed by atoms with Crippen LogP contribution in [0.2, 0.25) is 0 Å². The highest BCUT2D eigenvalue weighted by molar-refractivity contribution is 5.96. The molecule has 0 radical (unpaired) electrons. The molecule has 6 heteroatoms. The molecular weight excluding hydrogens is 278 g/mol. The molecule has 0 atom stereocenters. The molecule has 22 heavy (non-hydrogen) atoms. The van der Waals surface area contributed by atoms with Crippen molar-refractivity contribution in [3.05, 3.63) is 41.7 Å². The zero-order valence-electron chi connectivity index (χ0n) is 13.1. The third kappa shape index (κ3) is 3.79. The van der Waals surface area contributed by atoms with Crippen molar-refractivity contribution < 1.29 is 4.79 Å². The van der Waals surface area contributed by atoms with Gasteiger partial charge in [0.1, 0.15) is 0 Å². The van der Waals surface area contributed by atoms with Gasteiger partial charge in [0.2, 0.25) is 0 Å². The summed E-state index contributed by atoms with van der Waals surface area (Å²) >= 11 is 0. The van der Waals surface area contributed by atoms with Crippen LogP contribution >= 0.6 is 0 Å². The molecule has 3 N–H and O–H groups in total. The van der Waals surface area contributed by atoms with E-state index in [1.54, 1.807) is 6.20 Å². The standard InChI is InChI=1S/C16H21N5O/c1-4-18-16(22)14-15(17)19-9-13(20-14)12-7-5-11(6-8-12)10-21(2)3/h5-9H,4,10H2,1-3H3,(H2,17,19)(H,18,22). The zero-order chi connectivity index (χ0) is 16.1. The molecule has 0 bridgehead atoms.